The minimum atomic E-state index is -0.597. The first-order valence-corrected chi connectivity index (χ1v) is 12.4. The molecule has 0 unspecified atom stereocenters. The summed E-state index contributed by atoms with van der Waals surface area (Å²) in [4.78, 5) is 35.2. The predicted molar refractivity (Wildman–Crippen MR) is 138 cm³/mol. The van der Waals surface area contributed by atoms with Crippen molar-refractivity contribution < 1.29 is 19.4 Å². The molecule has 0 amide bonds. The number of hydrogen-bond donors (Lipinski definition) is 0. The Morgan fingerprint density at radius 1 is 0.500 bits per heavy atom. The summed E-state index contributed by atoms with van der Waals surface area (Å²) < 4.78 is 0. The molecule has 0 bridgehead atoms. The highest BCUT2D eigenvalue weighted by Crippen LogP contribution is 2.56. The Morgan fingerprint density at radius 2 is 0.706 bits per heavy atom. The average molecular weight is 471 g/mol. The molecular formula is C30H46O4. The number of allylic oxidation sites excluding steroid dienone is 4. The summed E-state index contributed by atoms with van der Waals surface area (Å²) in [5, 5.41) is 0. The van der Waals surface area contributed by atoms with Crippen molar-refractivity contribution in [3.05, 3.63) is 48.6 Å². The molecule has 4 nitrogen and oxygen atoms in total. The van der Waals surface area contributed by atoms with Crippen molar-refractivity contribution in [2.75, 3.05) is 0 Å². The molecular weight excluding hydrogens is 424 g/mol. The van der Waals surface area contributed by atoms with Crippen LogP contribution in [0.4, 0.5) is 0 Å². The number of carbonyl (C=O) groups excluding carboxylic acids is 2. The van der Waals surface area contributed by atoms with E-state index in [2.05, 4.69) is 107 Å². The van der Waals surface area contributed by atoms with Crippen LogP contribution in [0.15, 0.2) is 48.6 Å². The van der Waals surface area contributed by atoms with E-state index in [9.17, 15) is 9.59 Å². The molecule has 0 radical (unpaired) electrons. The van der Waals surface area contributed by atoms with Gasteiger partial charge in [-0.1, -0.05) is 132 Å². The van der Waals surface area contributed by atoms with Crippen molar-refractivity contribution >= 4 is 11.9 Å². The molecule has 0 fully saturated rings. The molecule has 0 heterocycles. The van der Waals surface area contributed by atoms with E-state index in [1.54, 1.807) is 0 Å². The van der Waals surface area contributed by atoms with Crippen LogP contribution in [0, 0.1) is 44.3 Å². The van der Waals surface area contributed by atoms with E-state index in [1.807, 2.05) is 24.3 Å². The first-order valence-electron chi connectivity index (χ1n) is 12.4. The van der Waals surface area contributed by atoms with Crippen LogP contribution >= 0.6 is 0 Å². The minimum absolute atomic E-state index is 0.0332. The van der Waals surface area contributed by atoms with E-state index in [0.29, 0.717) is 0 Å². The maximum absolute atomic E-state index is 12.6. The van der Waals surface area contributed by atoms with Crippen molar-refractivity contribution in [3.63, 3.8) is 0 Å². The zero-order valence-electron chi connectivity index (χ0n) is 23.4. The SMILES string of the molecule is CC(C)(C)C1(C(C)(C)C)C=CC(C(=O)OOC(=O)C2C=CC(C(C)(C)C)(C(C)(C)C)C=C2)C=C1. The number of rotatable bonds is 2. The smallest absolute Gasteiger partial charge is 0.246 e. The third-order valence-corrected chi connectivity index (χ3v) is 7.98. The van der Waals surface area contributed by atoms with Gasteiger partial charge in [-0.2, -0.15) is 0 Å². The fraction of sp³-hybridized carbons (Fsp3) is 0.667. The molecule has 2 aliphatic carbocycles. The highest BCUT2D eigenvalue weighted by Gasteiger charge is 2.49. The minimum Gasteiger partial charge on any atom is -0.246 e. The van der Waals surface area contributed by atoms with Crippen LogP contribution in [0.25, 0.3) is 0 Å². The van der Waals surface area contributed by atoms with Crippen LogP contribution in [0.1, 0.15) is 83.1 Å². The first-order chi connectivity index (χ1) is 15.2. The van der Waals surface area contributed by atoms with E-state index >= 15 is 0 Å². The van der Waals surface area contributed by atoms with E-state index in [1.165, 1.54) is 0 Å². The van der Waals surface area contributed by atoms with Crippen molar-refractivity contribution in [1.29, 1.82) is 0 Å². The van der Waals surface area contributed by atoms with Gasteiger partial charge in [0.2, 0.25) is 0 Å². The van der Waals surface area contributed by atoms with E-state index < -0.39 is 23.8 Å². The summed E-state index contributed by atoms with van der Waals surface area (Å²) in [7, 11) is 0. The molecule has 0 aromatic rings. The van der Waals surface area contributed by atoms with Crippen LogP contribution in [0.2, 0.25) is 0 Å². The molecule has 2 rings (SSSR count). The molecule has 0 aliphatic heterocycles. The number of hydrogen-bond acceptors (Lipinski definition) is 4. The first kappa shape index (κ1) is 28.1. The Bertz CT molecular complexity index is 765. The third kappa shape index (κ3) is 4.97. The Labute approximate surface area is 207 Å². The zero-order valence-corrected chi connectivity index (χ0v) is 23.4. The summed E-state index contributed by atoms with van der Waals surface area (Å²) in [6.07, 6.45) is 15.8. The second-order valence-corrected chi connectivity index (χ2v) is 14.0. The lowest BCUT2D eigenvalue weighted by molar-refractivity contribution is -0.261. The van der Waals surface area contributed by atoms with Crippen LogP contribution in [0.3, 0.4) is 0 Å². The van der Waals surface area contributed by atoms with Crippen molar-refractivity contribution in [1.82, 2.24) is 0 Å². The highest BCUT2D eigenvalue weighted by atomic mass is 17.2. The molecule has 190 valence electrons. The van der Waals surface area contributed by atoms with Gasteiger partial charge in [-0.25, -0.2) is 19.4 Å². The molecule has 0 atom stereocenters. The molecule has 0 N–H and O–H groups in total. The molecule has 2 aliphatic rings. The van der Waals surface area contributed by atoms with Gasteiger partial charge in [-0.05, 0) is 21.7 Å². The quantitative estimate of drug-likeness (QED) is 0.236. The molecule has 34 heavy (non-hydrogen) atoms. The van der Waals surface area contributed by atoms with Gasteiger partial charge >= 0.3 is 11.9 Å². The van der Waals surface area contributed by atoms with E-state index in [4.69, 9.17) is 9.78 Å². The Hall–Kier alpha value is -2.10. The van der Waals surface area contributed by atoms with Gasteiger partial charge < -0.3 is 0 Å². The van der Waals surface area contributed by atoms with Crippen molar-refractivity contribution in [2.45, 2.75) is 83.1 Å². The maximum Gasteiger partial charge on any atom is 0.366 e. The second-order valence-electron chi connectivity index (χ2n) is 14.0. The maximum atomic E-state index is 12.6. The Balaban J connectivity index is 2.06. The largest absolute Gasteiger partial charge is 0.366 e. The van der Waals surface area contributed by atoms with Crippen LogP contribution < -0.4 is 0 Å². The third-order valence-electron chi connectivity index (χ3n) is 7.98. The number of carbonyl (C=O) groups is 2. The summed E-state index contributed by atoms with van der Waals surface area (Å²) in [6.45, 7) is 26.4. The van der Waals surface area contributed by atoms with Gasteiger partial charge in [0.25, 0.3) is 0 Å². The average Bonchev–Trinajstić information content (AvgIpc) is 2.68. The summed E-state index contributed by atoms with van der Waals surface area (Å²) in [5.74, 6) is -2.37. The van der Waals surface area contributed by atoms with Crippen molar-refractivity contribution in [3.8, 4) is 0 Å². The second kappa shape index (κ2) is 8.84. The van der Waals surface area contributed by atoms with E-state index in [-0.39, 0.29) is 32.5 Å². The lowest BCUT2D eigenvalue weighted by atomic mass is 9.52. The molecule has 0 aromatic heterocycles. The predicted octanol–water partition coefficient (Wildman–Crippen LogP) is 7.63. The lowest BCUT2D eigenvalue weighted by Crippen LogP contribution is -2.44. The lowest BCUT2D eigenvalue weighted by Gasteiger charge is -2.51. The Morgan fingerprint density at radius 3 is 0.882 bits per heavy atom. The molecule has 0 saturated carbocycles. The monoisotopic (exact) mass is 470 g/mol. The Kier molecular flexibility index (Phi) is 7.32. The molecule has 0 spiro atoms. The van der Waals surface area contributed by atoms with Gasteiger partial charge in [-0.15, -0.1) is 0 Å². The fourth-order valence-electron chi connectivity index (χ4n) is 6.02. The van der Waals surface area contributed by atoms with Crippen LogP contribution in [-0.4, -0.2) is 11.9 Å². The standard InChI is InChI=1S/C30H46O4/c1-25(2,3)29(26(4,5)6)17-13-21(14-18-29)23(31)33-34-24(32)22-15-19-30(20-16-22,27(7,8)9)28(10,11)12/h13-22H,1-12H3. The topological polar surface area (TPSA) is 52.6 Å². The van der Waals surface area contributed by atoms with E-state index in [0.717, 1.165) is 0 Å². The van der Waals surface area contributed by atoms with Gasteiger partial charge in [0.15, 0.2) is 0 Å². The summed E-state index contributed by atoms with van der Waals surface area (Å²) >= 11 is 0. The van der Waals surface area contributed by atoms with Gasteiger partial charge in [0.1, 0.15) is 0 Å². The molecule has 0 saturated heterocycles. The van der Waals surface area contributed by atoms with Crippen LogP contribution in [-0.2, 0) is 19.4 Å². The summed E-state index contributed by atoms with van der Waals surface area (Å²) in [6, 6.07) is 0. The van der Waals surface area contributed by atoms with Crippen molar-refractivity contribution in [2.24, 2.45) is 44.3 Å². The normalized spacial score (nSPS) is 20.9. The van der Waals surface area contributed by atoms with Gasteiger partial charge in [-0.3, -0.25) is 0 Å². The molecule has 4 heteroatoms. The summed E-state index contributed by atoms with van der Waals surface area (Å²) in [5.41, 5.74) is -0.554. The van der Waals surface area contributed by atoms with Gasteiger partial charge in [0, 0.05) is 10.8 Å². The van der Waals surface area contributed by atoms with Crippen LogP contribution in [0.5, 0.6) is 0 Å². The fourth-order valence-corrected chi connectivity index (χ4v) is 6.02. The van der Waals surface area contributed by atoms with Gasteiger partial charge in [0.05, 0.1) is 11.8 Å². The molecule has 0 aromatic carbocycles. The highest BCUT2D eigenvalue weighted by molar-refractivity contribution is 5.80. The zero-order chi connectivity index (χ0) is 26.4.